The van der Waals surface area contributed by atoms with Gasteiger partial charge < -0.3 is 10.6 Å². The van der Waals surface area contributed by atoms with Gasteiger partial charge in [-0.25, -0.2) is 0 Å². The SMILES string of the molecule is S=C(Nc1cnn(Cc2cccc3ccccc23)c1)Nc1cc(Cl)ccc1Cl. The Kier molecular flexibility index (Phi) is 5.48. The first-order chi connectivity index (χ1) is 13.6. The summed E-state index contributed by atoms with van der Waals surface area (Å²) in [5, 5.41) is 14.6. The van der Waals surface area contributed by atoms with Gasteiger partial charge in [0.15, 0.2) is 5.11 Å². The average molecular weight is 427 g/mol. The molecule has 140 valence electrons. The molecule has 0 aliphatic heterocycles. The van der Waals surface area contributed by atoms with Crippen molar-refractivity contribution in [2.24, 2.45) is 0 Å². The van der Waals surface area contributed by atoms with Crippen LogP contribution in [0.25, 0.3) is 10.8 Å². The molecule has 28 heavy (non-hydrogen) atoms. The Morgan fingerprint density at radius 2 is 1.82 bits per heavy atom. The minimum absolute atomic E-state index is 0.411. The minimum Gasteiger partial charge on any atom is -0.331 e. The van der Waals surface area contributed by atoms with Gasteiger partial charge in [-0.3, -0.25) is 4.68 Å². The number of nitrogens with zero attached hydrogens (tertiary/aromatic N) is 2. The molecule has 2 N–H and O–H groups in total. The molecular weight excluding hydrogens is 411 g/mol. The number of rotatable bonds is 4. The van der Waals surface area contributed by atoms with E-state index in [2.05, 4.69) is 46.1 Å². The van der Waals surface area contributed by atoms with Crippen LogP contribution in [0.4, 0.5) is 11.4 Å². The van der Waals surface area contributed by atoms with Crippen molar-refractivity contribution < 1.29 is 0 Å². The number of anilines is 2. The van der Waals surface area contributed by atoms with Gasteiger partial charge in [0.2, 0.25) is 0 Å². The van der Waals surface area contributed by atoms with Crippen molar-refractivity contribution in [3.8, 4) is 0 Å². The van der Waals surface area contributed by atoms with Gasteiger partial charge in [0.1, 0.15) is 0 Å². The van der Waals surface area contributed by atoms with Gasteiger partial charge in [-0.15, -0.1) is 0 Å². The van der Waals surface area contributed by atoms with Crippen LogP contribution >= 0.6 is 35.4 Å². The fourth-order valence-electron chi connectivity index (χ4n) is 3.00. The van der Waals surface area contributed by atoms with E-state index in [0.29, 0.717) is 27.4 Å². The lowest BCUT2D eigenvalue weighted by molar-refractivity contribution is 0.690. The standard InChI is InChI=1S/C21H16Cl2N4S/c22-16-8-9-19(23)20(10-16)26-21(28)25-17-11-24-27(13-17)12-15-6-3-5-14-4-1-2-7-18(14)15/h1-11,13H,12H2,(H2,25,26,28). The third kappa shape index (κ3) is 4.28. The number of fused-ring (bicyclic) bond motifs is 1. The summed E-state index contributed by atoms with van der Waals surface area (Å²) in [7, 11) is 0. The predicted molar refractivity (Wildman–Crippen MR) is 122 cm³/mol. The average Bonchev–Trinajstić information content (AvgIpc) is 3.12. The van der Waals surface area contributed by atoms with Crippen LogP contribution in [0.5, 0.6) is 0 Å². The second kappa shape index (κ2) is 8.19. The zero-order valence-corrected chi connectivity index (χ0v) is 17.0. The molecule has 4 aromatic rings. The summed E-state index contributed by atoms with van der Waals surface area (Å²) in [6.07, 6.45) is 3.65. The van der Waals surface area contributed by atoms with Gasteiger partial charge >= 0.3 is 0 Å². The summed E-state index contributed by atoms with van der Waals surface area (Å²) in [4.78, 5) is 0. The maximum Gasteiger partial charge on any atom is 0.175 e. The monoisotopic (exact) mass is 426 g/mol. The highest BCUT2D eigenvalue weighted by molar-refractivity contribution is 7.80. The van der Waals surface area contributed by atoms with Crippen molar-refractivity contribution in [2.45, 2.75) is 6.54 Å². The molecule has 0 aliphatic carbocycles. The van der Waals surface area contributed by atoms with Crippen LogP contribution in [0, 0.1) is 0 Å². The Labute approximate surface area is 178 Å². The van der Waals surface area contributed by atoms with Gasteiger partial charge in [-0.1, -0.05) is 65.7 Å². The van der Waals surface area contributed by atoms with E-state index >= 15 is 0 Å². The number of nitrogens with one attached hydrogen (secondary N) is 2. The molecule has 0 unspecified atom stereocenters. The fraction of sp³-hybridized carbons (Fsp3) is 0.0476. The number of halogens is 2. The van der Waals surface area contributed by atoms with E-state index in [-0.39, 0.29) is 0 Å². The summed E-state index contributed by atoms with van der Waals surface area (Å²) < 4.78 is 1.87. The second-order valence-electron chi connectivity index (χ2n) is 6.27. The van der Waals surface area contributed by atoms with Crippen molar-refractivity contribution in [3.05, 3.63) is 88.7 Å². The van der Waals surface area contributed by atoms with Crippen molar-refractivity contribution in [3.63, 3.8) is 0 Å². The zero-order valence-electron chi connectivity index (χ0n) is 14.7. The Hall–Kier alpha value is -2.60. The van der Waals surface area contributed by atoms with E-state index in [4.69, 9.17) is 35.4 Å². The van der Waals surface area contributed by atoms with Gasteiger partial charge in [-0.05, 0) is 46.8 Å². The third-order valence-electron chi connectivity index (χ3n) is 4.28. The summed E-state index contributed by atoms with van der Waals surface area (Å²) in [5.74, 6) is 0. The van der Waals surface area contributed by atoms with Gasteiger partial charge in [-0.2, -0.15) is 5.10 Å². The van der Waals surface area contributed by atoms with Crippen molar-refractivity contribution in [2.75, 3.05) is 10.6 Å². The molecule has 0 spiro atoms. The van der Waals surface area contributed by atoms with Gasteiger partial charge in [0.25, 0.3) is 0 Å². The molecule has 0 atom stereocenters. The first-order valence-electron chi connectivity index (χ1n) is 8.61. The van der Waals surface area contributed by atoms with Crippen molar-refractivity contribution in [1.82, 2.24) is 9.78 Å². The van der Waals surface area contributed by atoms with Crippen LogP contribution in [0.15, 0.2) is 73.1 Å². The fourth-order valence-corrected chi connectivity index (χ4v) is 3.56. The normalized spacial score (nSPS) is 10.8. The maximum atomic E-state index is 6.16. The summed E-state index contributed by atoms with van der Waals surface area (Å²) >= 11 is 17.5. The molecule has 3 aromatic carbocycles. The number of thiocarbonyl (C=S) groups is 1. The molecular formula is C21H16Cl2N4S. The van der Waals surface area contributed by atoms with Crippen molar-refractivity contribution >= 4 is 62.7 Å². The van der Waals surface area contributed by atoms with E-state index in [1.165, 1.54) is 16.3 Å². The highest BCUT2D eigenvalue weighted by Gasteiger charge is 2.07. The molecule has 4 rings (SSSR count). The first kappa shape index (κ1) is 18.7. The maximum absolute atomic E-state index is 6.16. The van der Waals surface area contributed by atoms with Crippen LogP contribution in [-0.4, -0.2) is 14.9 Å². The number of aromatic nitrogens is 2. The van der Waals surface area contributed by atoms with E-state index in [0.717, 1.165) is 5.69 Å². The predicted octanol–water partition coefficient (Wildman–Crippen LogP) is 6.20. The number of hydrogen-bond acceptors (Lipinski definition) is 2. The number of hydrogen-bond donors (Lipinski definition) is 2. The highest BCUT2D eigenvalue weighted by Crippen LogP contribution is 2.25. The molecule has 1 aromatic heterocycles. The lowest BCUT2D eigenvalue weighted by Crippen LogP contribution is -2.19. The quantitative estimate of drug-likeness (QED) is 0.381. The van der Waals surface area contributed by atoms with E-state index in [1.807, 2.05) is 23.0 Å². The molecule has 4 nitrogen and oxygen atoms in total. The first-order valence-corrected chi connectivity index (χ1v) is 9.77. The summed E-state index contributed by atoms with van der Waals surface area (Å²) in [6, 6.07) is 19.8. The molecule has 0 amide bonds. The Morgan fingerprint density at radius 1 is 1.00 bits per heavy atom. The largest absolute Gasteiger partial charge is 0.331 e. The van der Waals surface area contributed by atoms with E-state index in [9.17, 15) is 0 Å². The van der Waals surface area contributed by atoms with Gasteiger partial charge in [0, 0.05) is 11.2 Å². The summed E-state index contributed by atoms with van der Waals surface area (Å²) in [5.41, 5.74) is 2.64. The topological polar surface area (TPSA) is 41.9 Å². The molecule has 0 aliphatic rings. The van der Waals surface area contributed by atoms with Crippen LogP contribution in [0.2, 0.25) is 10.0 Å². The lowest BCUT2D eigenvalue weighted by atomic mass is 10.0. The molecule has 0 saturated heterocycles. The highest BCUT2D eigenvalue weighted by atomic mass is 35.5. The van der Waals surface area contributed by atoms with Crippen LogP contribution in [0.1, 0.15) is 5.56 Å². The van der Waals surface area contributed by atoms with Crippen LogP contribution in [0.3, 0.4) is 0 Å². The van der Waals surface area contributed by atoms with Gasteiger partial charge in [0.05, 0.1) is 29.1 Å². The van der Waals surface area contributed by atoms with E-state index < -0.39 is 0 Å². The molecule has 1 heterocycles. The van der Waals surface area contributed by atoms with Crippen molar-refractivity contribution in [1.29, 1.82) is 0 Å². The third-order valence-corrected chi connectivity index (χ3v) is 5.05. The summed E-state index contributed by atoms with van der Waals surface area (Å²) in [6.45, 7) is 0.670. The smallest absolute Gasteiger partial charge is 0.175 e. The Morgan fingerprint density at radius 3 is 2.71 bits per heavy atom. The van der Waals surface area contributed by atoms with Crippen LogP contribution in [-0.2, 0) is 6.54 Å². The molecule has 0 radical (unpaired) electrons. The molecule has 0 bridgehead atoms. The minimum atomic E-state index is 0.411. The Bertz CT molecular complexity index is 1150. The second-order valence-corrected chi connectivity index (χ2v) is 7.52. The number of benzene rings is 3. The lowest BCUT2D eigenvalue weighted by Gasteiger charge is -2.10. The van der Waals surface area contributed by atoms with E-state index in [1.54, 1.807) is 24.4 Å². The Balaban J connectivity index is 1.45. The zero-order chi connectivity index (χ0) is 19.5. The molecule has 0 fully saturated rings. The van der Waals surface area contributed by atoms with Crippen LogP contribution < -0.4 is 10.6 Å². The molecule has 0 saturated carbocycles. The molecule has 7 heteroatoms.